The molecule has 0 aliphatic heterocycles. The van der Waals surface area contributed by atoms with Gasteiger partial charge in [-0.25, -0.2) is 18.6 Å². The van der Waals surface area contributed by atoms with Gasteiger partial charge in [0.25, 0.3) is 0 Å². The van der Waals surface area contributed by atoms with Crippen LogP contribution in [0.2, 0.25) is 0 Å². The summed E-state index contributed by atoms with van der Waals surface area (Å²) < 4.78 is 34.6. The molecular formula is C21H22F2N4O2. The molecule has 4 rings (SSSR count). The van der Waals surface area contributed by atoms with E-state index < -0.39 is 17.7 Å². The van der Waals surface area contributed by atoms with Crippen molar-refractivity contribution in [2.24, 2.45) is 0 Å². The number of benzene rings is 1. The van der Waals surface area contributed by atoms with Gasteiger partial charge in [0, 0.05) is 29.6 Å². The lowest BCUT2D eigenvalue weighted by Crippen LogP contribution is -2.36. The predicted molar refractivity (Wildman–Crippen MR) is 106 cm³/mol. The van der Waals surface area contributed by atoms with Crippen LogP contribution in [0.5, 0.6) is 5.75 Å². The van der Waals surface area contributed by atoms with Gasteiger partial charge in [-0.05, 0) is 36.6 Å². The molecule has 1 aliphatic carbocycles. The van der Waals surface area contributed by atoms with Crippen molar-refractivity contribution >= 4 is 22.8 Å². The minimum absolute atomic E-state index is 0.00623. The summed E-state index contributed by atoms with van der Waals surface area (Å²) in [6.07, 6.45) is 7.23. The molecule has 3 N–H and O–H groups in total. The number of rotatable bonds is 5. The van der Waals surface area contributed by atoms with E-state index in [0.717, 1.165) is 37.1 Å². The van der Waals surface area contributed by atoms with Crippen LogP contribution in [0.1, 0.15) is 36.8 Å². The van der Waals surface area contributed by atoms with Crippen LogP contribution in [0, 0.1) is 11.6 Å². The number of aromatic amines is 1. The summed E-state index contributed by atoms with van der Waals surface area (Å²) in [6.45, 7) is 0. The maximum atomic E-state index is 15.0. The molecule has 1 aliphatic rings. The van der Waals surface area contributed by atoms with Crippen molar-refractivity contribution in [1.29, 1.82) is 0 Å². The lowest BCUT2D eigenvalue weighted by Gasteiger charge is -2.15. The summed E-state index contributed by atoms with van der Waals surface area (Å²) >= 11 is 0. The van der Waals surface area contributed by atoms with Gasteiger partial charge in [0.15, 0.2) is 5.82 Å². The molecular weight excluding hydrogens is 378 g/mol. The first-order chi connectivity index (χ1) is 14.0. The first-order valence-electron chi connectivity index (χ1n) is 9.59. The Bertz CT molecular complexity index is 1040. The molecule has 0 bridgehead atoms. The Hall–Kier alpha value is -3.16. The van der Waals surface area contributed by atoms with Gasteiger partial charge in [0.05, 0.1) is 19.0 Å². The summed E-state index contributed by atoms with van der Waals surface area (Å²) in [6, 6.07) is 3.79. The van der Waals surface area contributed by atoms with Gasteiger partial charge in [-0.2, -0.15) is 0 Å². The third kappa shape index (κ3) is 4.01. The summed E-state index contributed by atoms with van der Waals surface area (Å²) in [5.41, 5.74) is 1.11. The van der Waals surface area contributed by atoms with Gasteiger partial charge in [0.1, 0.15) is 17.2 Å². The summed E-state index contributed by atoms with van der Waals surface area (Å²) in [7, 11) is 1.53. The Morgan fingerprint density at radius 2 is 2.10 bits per heavy atom. The zero-order valence-electron chi connectivity index (χ0n) is 16.0. The minimum atomic E-state index is -0.781. The number of carbonyl (C=O) groups is 1. The molecule has 0 atom stereocenters. The van der Waals surface area contributed by atoms with E-state index in [2.05, 4.69) is 20.6 Å². The van der Waals surface area contributed by atoms with Gasteiger partial charge in [-0.15, -0.1) is 0 Å². The summed E-state index contributed by atoms with van der Waals surface area (Å²) in [4.78, 5) is 19.4. The van der Waals surface area contributed by atoms with E-state index >= 15 is 4.39 Å². The number of aromatic nitrogens is 2. The second kappa shape index (κ2) is 8.06. The lowest BCUT2D eigenvalue weighted by molar-refractivity contribution is 0.248. The Morgan fingerprint density at radius 1 is 1.31 bits per heavy atom. The molecule has 3 aromatic rings. The van der Waals surface area contributed by atoms with Crippen LogP contribution in [-0.4, -0.2) is 29.2 Å². The number of halogens is 2. The van der Waals surface area contributed by atoms with Crippen LogP contribution in [0.15, 0.2) is 30.6 Å². The number of hydrogen-bond donors (Lipinski definition) is 3. The third-order valence-corrected chi connectivity index (χ3v) is 5.32. The van der Waals surface area contributed by atoms with Gasteiger partial charge in [-0.3, -0.25) is 0 Å². The number of amides is 2. The van der Waals surface area contributed by atoms with Crippen molar-refractivity contribution in [2.75, 3.05) is 12.4 Å². The second-order valence-electron chi connectivity index (χ2n) is 7.23. The van der Waals surface area contributed by atoms with Gasteiger partial charge < -0.3 is 20.4 Å². The van der Waals surface area contributed by atoms with Crippen LogP contribution >= 0.6 is 0 Å². The average molecular weight is 400 g/mol. The highest BCUT2D eigenvalue weighted by molar-refractivity contribution is 5.89. The van der Waals surface area contributed by atoms with Crippen LogP contribution in [0.25, 0.3) is 11.0 Å². The fourth-order valence-corrected chi connectivity index (χ4v) is 3.76. The van der Waals surface area contributed by atoms with E-state index in [9.17, 15) is 9.18 Å². The van der Waals surface area contributed by atoms with Gasteiger partial charge >= 0.3 is 6.03 Å². The zero-order chi connectivity index (χ0) is 20.4. The van der Waals surface area contributed by atoms with Crippen LogP contribution in [0.3, 0.4) is 0 Å². The molecule has 1 saturated carbocycles. The molecule has 1 fully saturated rings. The van der Waals surface area contributed by atoms with Crippen molar-refractivity contribution < 1.29 is 18.3 Å². The molecule has 29 heavy (non-hydrogen) atoms. The number of urea groups is 1. The minimum Gasteiger partial charge on any atom is -0.495 e. The Morgan fingerprint density at radius 3 is 2.86 bits per heavy atom. The Labute approximate surface area is 166 Å². The van der Waals surface area contributed by atoms with E-state index in [1.54, 1.807) is 18.5 Å². The van der Waals surface area contributed by atoms with Crippen molar-refractivity contribution in [3.8, 4) is 5.75 Å². The van der Waals surface area contributed by atoms with Crippen molar-refractivity contribution in [3.05, 3.63) is 53.4 Å². The molecule has 152 valence electrons. The molecule has 2 aromatic heterocycles. The van der Waals surface area contributed by atoms with Gasteiger partial charge in [-0.1, -0.05) is 12.8 Å². The summed E-state index contributed by atoms with van der Waals surface area (Å²) in [5, 5.41) is 6.06. The number of H-pyrrole nitrogens is 1. The molecule has 2 heterocycles. The number of methoxy groups -OCH3 is 1. The maximum Gasteiger partial charge on any atom is 0.319 e. The highest BCUT2D eigenvalue weighted by Crippen LogP contribution is 2.28. The monoisotopic (exact) mass is 400 g/mol. The smallest absolute Gasteiger partial charge is 0.319 e. The number of ether oxygens (including phenoxy) is 1. The zero-order valence-corrected chi connectivity index (χ0v) is 16.0. The molecule has 6 nitrogen and oxygen atoms in total. The quantitative estimate of drug-likeness (QED) is 0.590. The SMILES string of the molecule is COc1cnc2[nH]cc(Cc3c(F)ccc(NC(=O)NC4CCCC4)c3F)c2c1. The van der Waals surface area contributed by atoms with Crippen molar-refractivity contribution in [3.63, 3.8) is 0 Å². The van der Waals surface area contributed by atoms with Crippen LogP contribution < -0.4 is 15.4 Å². The van der Waals surface area contributed by atoms with Crippen molar-refractivity contribution in [1.82, 2.24) is 15.3 Å². The first kappa shape index (κ1) is 19.2. The molecule has 0 radical (unpaired) electrons. The topological polar surface area (TPSA) is 79.0 Å². The number of nitrogens with one attached hydrogen (secondary N) is 3. The second-order valence-corrected chi connectivity index (χ2v) is 7.23. The fourth-order valence-electron chi connectivity index (χ4n) is 3.76. The fraction of sp³-hybridized carbons (Fsp3) is 0.333. The highest BCUT2D eigenvalue weighted by atomic mass is 19.1. The van der Waals surface area contributed by atoms with E-state index in [1.165, 1.54) is 13.2 Å². The number of pyridine rings is 1. The van der Waals surface area contributed by atoms with E-state index in [1.807, 2.05) is 0 Å². The Kier molecular flexibility index (Phi) is 5.33. The first-order valence-corrected chi connectivity index (χ1v) is 9.59. The lowest BCUT2D eigenvalue weighted by atomic mass is 10.0. The van der Waals surface area contributed by atoms with E-state index in [0.29, 0.717) is 17.0 Å². The molecule has 0 unspecified atom stereocenters. The van der Waals surface area contributed by atoms with Crippen molar-refractivity contribution in [2.45, 2.75) is 38.1 Å². The standard InChI is InChI=1S/C21H22F2N4O2/c1-29-14-9-15-12(10-24-20(15)25-11-14)8-16-17(22)6-7-18(19(16)23)27-21(28)26-13-4-2-3-5-13/h6-7,9-11,13H,2-5,8H2,1H3,(H,24,25)(H2,26,27,28). The molecule has 0 saturated heterocycles. The molecule has 0 spiro atoms. The average Bonchev–Trinajstić information content (AvgIpc) is 3.36. The number of hydrogen-bond acceptors (Lipinski definition) is 3. The van der Waals surface area contributed by atoms with E-state index in [4.69, 9.17) is 4.74 Å². The highest BCUT2D eigenvalue weighted by Gasteiger charge is 2.20. The molecule has 8 heteroatoms. The van der Waals surface area contributed by atoms with Crippen LogP contribution in [-0.2, 0) is 6.42 Å². The maximum absolute atomic E-state index is 15.0. The number of nitrogens with zero attached hydrogens (tertiary/aromatic N) is 1. The molecule has 1 aromatic carbocycles. The normalized spacial score (nSPS) is 14.3. The van der Waals surface area contributed by atoms with Gasteiger partial charge in [0.2, 0.25) is 0 Å². The number of anilines is 1. The predicted octanol–water partition coefficient (Wildman–Crippen LogP) is 4.50. The molecule has 2 amide bonds. The van der Waals surface area contributed by atoms with E-state index in [-0.39, 0.29) is 23.7 Å². The summed E-state index contributed by atoms with van der Waals surface area (Å²) in [5.74, 6) is -0.899. The number of carbonyl (C=O) groups excluding carboxylic acids is 1. The largest absolute Gasteiger partial charge is 0.495 e. The number of fused-ring (bicyclic) bond motifs is 1. The Balaban J connectivity index is 1.57. The third-order valence-electron chi connectivity index (χ3n) is 5.32. The van der Waals surface area contributed by atoms with Crippen LogP contribution in [0.4, 0.5) is 19.3 Å².